The summed E-state index contributed by atoms with van der Waals surface area (Å²) in [5.74, 6) is 0.670. The zero-order chi connectivity index (χ0) is 24.4. The average Bonchev–Trinajstić information content (AvgIpc) is 3.39. The van der Waals surface area contributed by atoms with E-state index >= 15 is 0 Å². The van der Waals surface area contributed by atoms with Crippen molar-refractivity contribution in [3.05, 3.63) is 55.1 Å². The van der Waals surface area contributed by atoms with E-state index in [9.17, 15) is 0 Å². The maximum atomic E-state index is 6.52. The Morgan fingerprint density at radius 3 is 2.74 bits per heavy atom. The second-order valence-corrected chi connectivity index (χ2v) is 10.6. The Kier molecular flexibility index (Phi) is 5.02. The van der Waals surface area contributed by atoms with Gasteiger partial charge in [0.05, 0.1) is 29.2 Å². The van der Waals surface area contributed by atoms with E-state index in [1.54, 1.807) is 6.20 Å². The molecule has 2 N–H and O–H groups in total. The highest BCUT2D eigenvalue weighted by Gasteiger charge is 2.57. The van der Waals surface area contributed by atoms with E-state index in [4.69, 9.17) is 19.9 Å². The molecule has 2 fully saturated rings. The predicted octanol–water partition coefficient (Wildman–Crippen LogP) is 4.89. The molecule has 6 rings (SSSR count). The van der Waals surface area contributed by atoms with Gasteiger partial charge in [-0.2, -0.15) is 0 Å². The number of nitrogens with zero attached hydrogens (tertiary/aromatic N) is 4. The van der Waals surface area contributed by atoms with Crippen LogP contribution in [0.2, 0.25) is 0 Å². The fourth-order valence-corrected chi connectivity index (χ4v) is 5.77. The highest BCUT2D eigenvalue weighted by molar-refractivity contribution is 5.86. The standard InChI is InChI=1S/C27H31N5O3/c1-16(32-11-9-20-24(28)30-15-31-25(20)32)22-23(35-26(2,3)34-22)27(4)13-19(14-27)33-18-8-7-17-6-5-10-29-21(17)12-18/h5-12,15-16,19,22-23H,13-14H2,1-4H3,(H2,28,30,31)/t16-,19-,22+,23+,27+/m1/s1. The van der Waals surface area contributed by atoms with Crippen molar-refractivity contribution in [2.24, 2.45) is 5.41 Å². The molecule has 3 aromatic heterocycles. The molecule has 0 spiro atoms. The van der Waals surface area contributed by atoms with Gasteiger partial charge in [-0.25, -0.2) is 9.97 Å². The molecule has 0 radical (unpaired) electrons. The molecule has 8 heteroatoms. The number of pyridine rings is 1. The molecule has 0 unspecified atom stereocenters. The van der Waals surface area contributed by atoms with Gasteiger partial charge in [0.1, 0.15) is 29.6 Å². The van der Waals surface area contributed by atoms with Crippen LogP contribution in [0.15, 0.2) is 55.1 Å². The van der Waals surface area contributed by atoms with Crippen LogP contribution in [0.3, 0.4) is 0 Å². The summed E-state index contributed by atoms with van der Waals surface area (Å²) in [6.07, 6.45) is 7.01. The summed E-state index contributed by atoms with van der Waals surface area (Å²) in [4.78, 5) is 13.0. The topological polar surface area (TPSA) is 97.3 Å². The first-order chi connectivity index (χ1) is 16.7. The van der Waals surface area contributed by atoms with Crippen molar-refractivity contribution in [3.8, 4) is 5.75 Å². The number of rotatable bonds is 5. The SMILES string of the molecule is C[C@H]([C@@H]1OC(C)(C)O[C@@H]1[C@]1(C)C[C@H](Oc2ccc3cccnc3c2)C1)n1ccc2c(N)ncnc21. The number of nitrogens with two attached hydrogens (primary N) is 1. The van der Waals surface area contributed by atoms with Gasteiger partial charge in [0.25, 0.3) is 0 Å². The van der Waals surface area contributed by atoms with Crippen molar-refractivity contribution in [2.75, 3.05) is 5.73 Å². The Hall–Kier alpha value is -3.23. The van der Waals surface area contributed by atoms with Crippen molar-refractivity contribution >= 4 is 27.8 Å². The van der Waals surface area contributed by atoms with Crippen molar-refractivity contribution < 1.29 is 14.2 Å². The van der Waals surface area contributed by atoms with Gasteiger partial charge in [-0.05, 0) is 57.9 Å². The predicted molar refractivity (Wildman–Crippen MR) is 134 cm³/mol. The number of ether oxygens (including phenoxy) is 3. The summed E-state index contributed by atoms with van der Waals surface area (Å²) in [6, 6.07) is 12.1. The van der Waals surface area contributed by atoms with Crippen LogP contribution in [0.4, 0.5) is 5.82 Å². The van der Waals surface area contributed by atoms with Crippen LogP contribution in [0, 0.1) is 5.41 Å². The van der Waals surface area contributed by atoms with Crippen LogP contribution in [0.1, 0.15) is 46.6 Å². The molecule has 1 aromatic carbocycles. The lowest BCUT2D eigenvalue weighted by atomic mass is 9.63. The Morgan fingerprint density at radius 1 is 1.09 bits per heavy atom. The third-order valence-electron chi connectivity index (χ3n) is 7.54. The fraction of sp³-hybridized carbons (Fsp3) is 0.444. The van der Waals surface area contributed by atoms with Gasteiger partial charge in [0, 0.05) is 29.3 Å². The number of hydrogen-bond acceptors (Lipinski definition) is 7. The minimum Gasteiger partial charge on any atom is -0.490 e. The number of nitrogen functional groups attached to an aromatic ring is 1. The fourth-order valence-electron chi connectivity index (χ4n) is 5.77. The molecule has 2 aliphatic rings. The van der Waals surface area contributed by atoms with Gasteiger partial charge in [-0.1, -0.05) is 13.0 Å². The summed E-state index contributed by atoms with van der Waals surface area (Å²) >= 11 is 0. The molecule has 4 heterocycles. The summed E-state index contributed by atoms with van der Waals surface area (Å²) in [5, 5.41) is 1.96. The van der Waals surface area contributed by atoms with Crippen LogP contribution >= 0.6 is 0 Å². The lowest BCUT2D eigenvalue weighted by Crippen LogP contribution is -2.53. The average molecular weight is 474 g/mol. The summed E-state index contributed by atoms with van der Waals surface area (Å²) in [7, 11) is 0. The minimum atomic E-state index is -0.667. The van der Waals surface area contributed by atoms with Crippen molar-refractivity contribution in [1.82, 2.24) is 19.5 Å². The van der Waals surface area contributed by atoms with Crippen LogP contribution in [-0.2, 0) is 9.47 Å². The normalized spacial score (nSPS) is 28.7. The second-order valence-electron chi connectivity index (χ2n) is 10.6. The van der Waals surface area contributed by atoms with E-state index in [0.717, 1.165) is 40.5 Å². The quantitative estimate of drug-likeness (QED) is 0.441. The summed E-state index contributed by atoms with van der Waals surface area (Å²) in [6.45, 7) is 8.40. The zero-order valence-electron chi connectivity index (χ0n) is 20.5. The third kappa shape index (κ3) is 3.81. The third-order valence-corrected chi connectivity index (χ3v) is 7.54. The van der Waals surface area contributed by atoms with Gasteiger partial charge >= 0.3 is 0 Å². The smallest absolute Gasteiger partial charge is 0.163 e. The monoisotopic (exact) mass is 473 g/mol. The highest BCUT2D eigenvalue weighted by atomic mass is 16.8. The van der Waals surface area contributed by atoms with E-state index in [2.05, 4.69) is 45.5 Å². The van der Waals surface area contributed by atoms with Gasteiger partial charge < -0.3 is 24.5 Å². The Balaban J connectivity index is 1.21. The van der Waals surface area contributed by atoms with E-state index in [-0.39, 0.29) is 29.8 Å². The van der Waals surface area contributed by atoms with Crippen LogP contribution in [0.25, 0.3) is 21.9 Å². The lowest BCUT2D eigenvalue weighted by molar-refractivity contribution is -0.172. The van der Waals surface area contributed by atoms with Crippen LogP contribution in [-0.4, -0.2) is 43.6 Å². The molecule has 182 valence electrons. The van der Waals surface area contributed by atoms with Crippen LogP contribution < -0.4 is 10.5 Å². The second kappa shape index (κ2) is 7.90. The van der Waals surface area contributed by atoms with Crippen molar-refractivity contribution in [1.29, 1.82) is 0 Å². The number of hydrogen-bond donors (Lipinski definition) is 1. The van der Waals surface area contributed by atoms with E-state index < -0.39 is 5.79 Å². The van der Waals surface area contributed by atoms with Crippen molar-refractivity contribution in [3.63, 3.8) is 0 Å². The molecule has 35 heavy (non-hydrogen) atoms. The molecule has 8 nitrogen and oxygen atoms in total. The van der Waals surface area contributed by atoms with Gasteiger partial charge in [-0.15, -0.1) is 0 Å². The number of aromatic nitrogens is 4. The van der Waals surface area contributed by atoms with Crippen molar-refractivity contribution in [2.45, 2.75) is 70.7 Å². The van der Waals surface area contributed by atoms with Gasteiger partial charge in [0.15, 0.2) is 5.79 Å². The lowest BCUT2D eigenvalue weighted by Gasteiger charge is -2.49. The Bertz CT molecular complexity index is 1390. The van der Waals surface area contributed by atoms with Gasteiger partial charge in [0.2, 0.25) is 0 Å². The van der Waals surface area contributed by atoms with E-state index in [0.29, 0.717) is 5.82 Å². The van der Waals surface area contributed by atoms with Gasteiger partial charge in [-0.3, -0.25) is 4.98 Å². The molecule has 4 aromatic rings. The molecule has 1 aliphatic heterocycles. The largest absolute Gasteiger partial charge is 0.490 e. The minimum absolute atomic E-state index is 0.00284. The number of anilines is 1. The Labute approximate surface area is 204 Å². The molecular weight excluding hydrogens is 442 g/mol. The Morgan fingerprint density at radius 2 is 1.91 bits per heavy atom. The molecule has 0 bridgehead atoms. The molecular formula is C27H31N5O3. The van der Waals surface area contributed by atoms with E-state index in [1.165, 1.54) is 6.33 Å². The van der Waals surface area contributed by atoms with Crippen LogP contribution in [0.5, 0.6) is 5.75 Å². The maximum Gasteiger partial charge on any atom is 0.163 e. The highest BCUT2D eigenvalue weighted by Crippen LogP contribution is 2.53. The first-order valence-corrected chi connectivity index (χ1v) is 12.2. The molecule has 3 atom stereocenters. The maximum absolute atomic E-state index is 6.52. The molecule has 1 saturated carbocycles. The van der Waals surface area contributed by atoms with E-state index in [1.807, 2.05) is 44.3 Å². The molecule has 0 amide bonds. The molecule has 1 saturated heterocycles. The zero-order valence-corrected chi connectivity index (χ0v) is 20.5. The first kappa shape index (κ1) is 22.2. The first-order valence-electron chi connectivity index (χ1n) is 12.2. The number of fused-ring (bicyclic) bond motifs is 2. The summed E-state index contributed by atoms with van der Waals surface area (Å²) in [5.41, 5.74) is 7.75. The summed E-state index contributed by atoms with van der Waals surface area (Å²) < 4.78 is 21.5. The molecule has 1 aliphatic carbocycles. The number of benzene rings is 1.